The van der Waals surface area contributed by atoms with Crippen molar-refractivity contribution in [1.29, 1.82) is 0 Å². The third-order valence-electron chi connectivity index (χ3n) is 5.23. The molecule has 6 rings (SSSR count). The standard InChI is InChI=1S/C18H21N7/c1-2-4-14(5-3-1)16-10-17(25-18(22-16)20-13-21-25)19-11-15-12-23-6-8-24(15)9-7-23/h1-5,10,13,15,19H,6-9,11-12H2. The first kappa shape index (κ1) is 14.8. The molecule has 7 heteroatoms. The van der Waals surface area contributed by atoms with Crippen LogP contribution in [0.5, 0.6) is 0 Å². The SMILES string of the molecule is c1ccc(-c2cc(NCC3CN4CCN3CC4)n3ncnc3n2)cc1. The summed E-state index contributed by atoms with van der Waals surface area (Å²) in [6.07, 6.45) is 1.56. The Kier molecular flexibility index (Phi) is 3.61. The van der Waals surface area contributed by atoms with E-state index in [2.05, 4.69) is 48.4 Å². The van der Waals surface area contributed by atoms with Gasteiger partial charge >= 0.3 is 0 Å². The van der Waals surface area contributed by atoms with Crippen LogP contribution in [0.15, 0.2) is 42.7 Å². The number of anilines is 1. The lowest BCUT2D eigenvalue weighted by atomic mass is 10.1. The molecule has 2 bridgehead atoms. The molecule has 3 saturated heterocycles. The van der Waals surface area contributed by atoms with Gasteiger partial charge in [0.15, 0.2) is 0 Å². The zero-order chi connectivity index (χ0) is 16.6. The first-order valence-corrected chi connectivity index (χ1v) is 8.83. The van der Waals surface area contributed by atoms with Crippen LogP contribution in [0, 0.1) is 0 Å². The number of fused-ring (bicyclic) bond motifs is 4. The Labute approximate surface area is 146 Å². The van der Waals surface area contributed by atoms with E-state index in [4.69, 9.17) is 0 Å². The van der Waals surface area contributed by atoms with Gasteiger partial charge in [0, 0.05) is 56.9 Å². The number of hydrogen-bond acceptors (Lipinski definition) is 6. The maximum absolute atomic E-state index is 4.63. The summed E-state index contributed by atoms with van der Waals surface area (Å²) >= 11 is 0. The molecule has 2 aromatic heterocycles. The van der Waals surface area contributed by atoms with E-state index in [0.717, 1.165) is 30.2 Å². The summed E-state index contributed by atoms with van der Waals surface area (Å²) in [5, 5.41) is 7.91. The van der Waals surface area contributed by atoms with E-state index in [1.165, 1.54) is 26.2 Å². The zero-order valence-electron chi connectivity index (χ0n) is 14.0. The molecule has 0 aliphatic carbocycles. The van der Waals surface area contributed by atoms with E-state index in [-0.39, 0.29) is 0 Å². The first-order chi connectivity index (χ1) is 12.4. The second-order valence-electron chi connectivity index (χ2n) is 6.74. The normalized spacial score (nSPS) is 25.4. The Morgan fingerprint density at radius 2 is 1.92 bits per heavy atom. The molecule has 3 fully saturated rings. The van der Waals surface area contributed by atoms with Gasteiger partial charge in [-0.2, -0.15) is 14.6 Å². The van der Waals surface area contributed by atoms with Gasteiger partial charge in [-0.1, -0.05) is 30.3 Å². The van der Waals surface area contributed by atoms with Gasteiger partial charge in [0.05, 0.1) is 5.69 Å². The Hall–Kier alpha value is -2.51. The summed E-state index contributed by atoms with van der Waals surface area (Å²) in [6, 6.07) is 12.8. The fourth-order valence-electron chi connectivity index (χ4n) is 3.84. The molecule has 7 nitrogen and oxygen atoms in total. The van der Waals surface area contributed by atoms with Gasteiger partial charge in [0.1, 0.15) is 12.1 Å². The number of piperazine rings is 3. The Morgan fingerprint density at radius 3 is 2.68 bits per heavy atom. The number of nitrogens with one attached hydrogen (secondary N) is 1. The molecule has 1 unspecified atom stereocenters. The van der Waals surface area contributed by atoms with E-state index in [9.17, 15) is 0 Å². The Morgan fingerprint density at radius 1 is 1.08 bits per heavy atom. The average Bonchev–Trinajstić information content (AvgIpc) is 3.16. The van der Waals surface area contributed by atoms with E-state index in [1.54, 1.807) is 10.8 Å². The second-order valence-corrected chi connectivity index (χ2v) is 6.74. The third-order valence-corrected chi connectivity index (χ3v) is 5.23. The molecule has 0 amide bonds. The fraction of sp³-hybridized carbons (Fsp3) is 0.389. The molecule has 128 valence electrons. The van der Waals surface area contributed by atoms with Gasteiger partial charge in [-0.05, 0) is 0 Å². The monoisotopic (exact) mass is 335 g/mol. The van der Waals surface area contributed by atoms with Gasteiger partial charge in [0.25, 0.3) is 5.78 Å². The first-order valence-electron chi connectivity index (χ1n) is 8.83. The summed E-state index contributed by atoms with van der Waals surface area (Å²) in [5.41, 5.74) is 2.00. The molecular weight excluding hydrogens is 314 g/mol. The zero-order valence-corrected chi connectivity index (χ0v) is 14.0. The van der Waals surface area contributed by atoms with Crippen molar-refractivity contribution in [3.05, 3.63) is 42.7 Å². The predicted octanol–water partition coefficient (Wildman–Crippen LogP) is 1.20. The van der Waals surface area contributed by atoms with Crippen molar-refractivity contribution in [2.45, 2.75) is 6.04 Å². The van der Waals surface area contributed by atoms with Crippen molar-refractivity contribution in [2.75, 3.05) is 44.6 Å². The highest BCUT2D eigenvalue weighted by Crippen LogP contribution is 2.22. The minimum atomic E-state index is 0.550. The molecule has 3 aromatic rings. The van der Waals surface area contributed by atoms with Crippen molar-refractivity contribution in [3.8, 4) is 11.3 Å². The van der Waals surface area contributed by atoms with Crippen LogP contribution in [-0.4, -0.2) is 74.7 Å². The van der Waals surface area contributed by atoms with Crippen LogP contribution in [0.2, 0.25) is 0 Å². The lowest BCUT2D eigenvalue weighted by molar-refractivity contribution is 0.0189. The highest BCUT2D eigenvalue weighted by molar-refractivity contribution is 5.65. The highest BCUT2D eigenvalue weighted by Gasteiger charge is 2.31. The molecule has 0 spiro atoms. The van der Waals surface area contributed by atoms with Crippen LogP contribution in [0.25, 0.3) is 17.0 Å². The summed E-state index contributed by atoms with van der Waals surface area (Å²) in [5.74, 6) is 1.57. The number of rotatable bonds is 4. The van der Waals surface area contributed by atoms with Crippen molar-refractivity contribution in [3.63, 3.8) is 0 Å². The molecule has 5 heterocycles. The smallest absolute Gasteiger partial charge is 0.254 e. The molecule has 1 atom stereocenters. The van der Waals surface area contributed by atoms with E-state index < -0.39 is 0 Å². The van der Waals surface area contributed by atoms with Crippen LogP contribution in [-0.2, 0) is 0 Å². The fourth-order valence-corrected chi connectivity index (χ4v) is 3.84. The maximum Gasteiger partial charge on any atom is 0.254 e. The molecule has 1 aromatic carbocycles. The molecular formula is C18H21N7. The van der Waals surface area contributed by atoms with Crippen molar-refractivity contribution < 1.29 is 0 Å². The van der Waals surface area contributed by atoms with Crippen LogP contribution in [0.1, 0.15) is 0 Å². The van der Waals surface area contributed by atoms with E-state index in [1.807, 2.05) is 18.2 Å². The largest absolute Gasteiger partial charge is 0.368 e. The van der Waals surface area contributed by atoms with Gasteiger partial charge in [-0.25, -0.2) is 4.98 Å². The van der Waals surface area contributed by atoms with Gasteiger partial charge in [-0.3, -0.25) is 9.80 Å². The molecule has 25 heavy (non-hydrogen) atoms. The molecule has 1 N–H and O–H groups in total. The van der Waals surface area contributed by atoms with Gasteiger partial charge in [-0.15, -0.1) is 0 Å². The topological polar surface area (TPSA) is 61.6 Å². The molecule has 3 aliphatic heterocycles. The van der Waals surface area contributed by atoms with Crippen molar-refractivity contribution in [2.24, 2.45) is 0 Å². The van der Waals surface area contributed by atoms with Gasteiger partial charge < -0.3 is 5.32 Å². The number of hydrogen-bond donors (Lipinski definition) is 1. The van der Waals surface area contributed by atoms with E-state index >= 15 is 0 Å². The van der Waals surface area contributed by atoms with Crippen LogP contribution >= 0.6 is 0 Å². The lowest BCUT2D eigenvalue weighted by Crippen LogP contribution is -2.62. The van der Waals surface area contributed by atoms with Gasteiger partial charge in [0.2, 0.25) is 0 Å². The number of benzene rings is 1. The molecule has 0 saturated carbocycles. The van der Waals surface area contributed by atoms with Crippen LogP contribution in [0.4, 0.5) is 5.82 Å². The summed E-state index contributed by atoms with van der Waals surface area (Å²) in [6.45, 7) is 6.82. The maximum atomic E-state index is 4.63. The number of nitrogens with zero attached hydrogens (tertiary/aromatic N) is 6. The van der Waals surface area contributed by atoms with Crippen LogP contribution in [0.3, 0.4) is 0 Å². The lowest BCUT2D eigenvalue weighted by Gasteiger charge is -2.47. The molecule has 3 aliphatic rings. The average molecular weight is 335 g/mol. The van der Waals surface area contributed by atoms with Crippen molar-refractivity contribution >= 4 is 11.6 Å². The minimum absolute atomic E-state index is 0.550. The molecule has 0 radical (unpaired) electrons. The summed E-state index contributed by atoms with van der Waals surface area (Å²) in [4.78, 5) is 14.1. The van der Waals surface area contributed by atoms with E-state index in [0.29, 0.717) is 11.8 Å². The Bertz CT molecular complexity index is 868. The second kappa shape index (κ2) is 6.09. The van der Waals surface area contributed by atoms with Crippen LogP contribution < -0.4 is 5.32 Å². The highest BCUT2D eigenvalue weighted by atomic mass is 15.4. The quantitative estimate of drug-likeness (QED) is 0.773. The number of aromatic nitrogens is 4. The Balaban J connectivity index is 1.43. The summed E-state index contributed by atoms with van der Waals surface area (Å²) < 4.78 is 1.78. The minimum Gasteiger partial charge on any atom is -0.368 e. The predicted molar refractivity (Wildman–Crippen MR) is 96.5 cm³/mol. The third kappa shape index (κ3) is 2.75. The summed E-state index contributed by atoms with van der Waals surface area (Å²) in [7, 11) is 0. The van der Waals surface area contributed by atoms with Crippen molar-refractivity contribution in [1.82, 2.24) is 29.4 Å².